The maximum Gasteiger partial charge on any atom is 0.270 e. The lowest BCUT2D eigenvalue weighted by molar-refractivity contribution is 0.0948. The van der Waals surface area contributed by atoms with Crippen molar-refractivity contribution in [1.29, 1.82) is 0 Å². The Balaban J connectivity index is 1.93. The summed E-state index contributed by atoms with van der Waals surface area (Å²) in [6.45, 7) is 3.42. The van der Waals surface area contributed by atoms with Crippen LogP contribution in [0.5, 0.6) is 5.75 Å². The third-order valence-electron chi connectivity index (χ3n) is 3.56. The number of methoxy groups -OCH3 is 2. The second-order valence-electron chi connectivity index (χ2n) is 5.42. The van der Waals surface area contributed by atoms with Crippen molar-refractivity contribution in [2.45, 2.75) is 13.3 Å². The highest BCUT2D eigenvalue weighted by molar-refractivity contribution is 5.92. The summed E-state index contributed by atoms with van der Waals surface area (Å²) in [5, 5.41) is 5.99. The fourth-order valence-electron chi connectivity index (χ4n) is 2.37. The average Bonchev–Trinajstić information content (AvgIpc) is 2.62. The number of carbonyl (C=O) groups is 1. The van der Waals surface area contributed by atoms with Gasteiger partial charge in [-0.1, -0.05) is 18.2 Å². The van der Waals surface area contributed by atoms with E-state index in [0.29, 0.717) is 43.5 Å². The second-order valence-corrected chi connectivity index (χ2v) is 5.42. The van der Waals surface area contributed by atoms with Crippen LogP contribution >= 0.6 is 0 Å². The van der Waals surface area contributed by atoms with Crippen LogP contribution in [-0.2, 0) is 11.2 Å². The molecular weight excluding hydrogens is 320 g/mol. The lowest BCUT2D eigenvalue weighted by Crippen LogP contribution is -2.27. The predicted molar refractivity (Wildman–Crippen MR) is 96.2 cm³/mol. The minimum Gasteiger partial charge on any atom is -0.496 e. The van der Waals surface area contributed by atoms with Crippen LogP contribution < -0.4 is 15.4 Å². The van der Waals surface area contributed by atoms with Gasteiger partial charge in [0, 0.05) is 26.3 Å². The SMILES string of the molecule is COCCNc1cc(C(=O)NCCc2ccccc2OC)nc(C)n1. The number of benzene rings is 1. The smallest absolute Gasteiger partial charge is 0.270 e. The first-order chi connectivity index (χ1) is 12.1. The first kappa shape index (κ1) is 18.7. The Kier molecular flexibility index (Phi) is 7.16. The number of anilines is 1. The summed E-state index contributed by atoms with van der Waals surface area (Å²) >= 11 is 0. The number of aryl methyl sites for hydroxylation is 1. The van der Waals surface area contributed by atoms with Crippen molar-refractivity contribution in [2.24, 2.45) is 0 Å². The van der Waals surface area contributed by atoms with E-state index in [1.807, 2.05) is 24.3 Å². The van der Waals surface area contributed by atoms with Gasteiger partial charge in [-0.2, -0.15) is 0 Å². The number of carbonyl (C=O) groups excluding carboxylic acids is 1. The topological polar surface area (TPSA) is 85.4 Å². The number of hydrogen-bond acceptors (Lipinski definition) is 6. The van der Waals surface area contributed by atoms with E-state index >= 15 is 0 Å². The van der Waals surface area contributed by atoms with Crippen molar-refractivity contribution < 1.29 is 14.3 Å². The van der Waals surface area contributed by atoms with Crippen LogP contribution in [0.3, 0.4) is 0 Å². The molecule has 0 aliphatic carbocycles. The minimum absolute atomic E-state index is 0.227. The molecule has 0 unspecified atom stereocenters. The number of hydrogen-bond donors (Lipinski definition) is 2. The Morgan fingerprint density at radius 2 is 1.96 bits per heavy atom. The Labute approximate surface area is 147 Å². The molecule has 0 saturated heterocycles. The molecule has 7 heteroatoms. The molecule has 1 amide bonds. The number of amides is 1. The maximum atomic E-state index is 12.3. The number of rotatable bonds is 9. The van der Waals surface area contributed by atoms with Crippen LogP contribution in [0.15, 0.2) is 30.3 Å². The molecule has 7 nitrogen and oxygen atoms in total. The molecule has 0 spiro atoms. The Morgan fingerprint density at radius 3 is 2.72 bits per heavy atom. The summed E-state index contributed by atoms with van der Waals surface area (Å²) in [5.41, 5.74) is 1.39. The van der Waals surface area contributed by atoms with E-state index in [2.05, 4.69) is 20.6 Å². The van der Waals surface area contributed by atoms with E-state index < -0.39 is 0 Å². The zero-order valence-corrected chi connectivity index (χ0v) is 14.8. The minimum atomic E-state index is -0.227. The van der Waals surface area contributed by atoms with Gasteiger partial charge in [0.05, 0.1) is 13.7 Å². The van der Waals surface area contributed by atoms with E-state index in [1.54, 1.807) is 27.2 Å². The third kappa shape index (κ3) is 5.72. The molecule has 1 aromatic carbocycles. The molecule has 134 valence electrons. The lowest BCUT2D eigenvalue weighted by Gasteiger charge is -2.10. The van der Waals surface area contributed by atoms with Crippen LogP contribution in [0.4, 0.5) is 5.82 Å². The van der Waals surface area contributed by atoms with Crippen molar-refractivity contribution in [3.05, 3.63) is 47.4 Å². The van der Waals surface area contributed by atoms with E-state index in [9.17, 15) is 4.79 Å². The number of nitrogens with zero attached hydrogens (tertiary/aromatic N) is 2. The maximum absolute atomic E-state index is 12.3. The van der Waals surface area contributed by atoms with Crippen molar-refractivity contribution in [3.8, 4) is 5.75 Å². The molecule has 2 N–H and O–H groups in total. The quantitative estimate of drug-likeness (QED) is 0.675. The zero-order chi connectivity index (χ0) is 18.1. The summed E-state index contributed by atoms with van der Waals surface area (Å²) in [6.07, 6.45) is 0.679. The van der Waals surface area contributed by atoms with Crippen LogP contribution in [0.2, 0.25) is 0 Å². The fourth-order valence-corrected chi connectivity index (χ4v) is 2.37. The summed E-state index contributed by atoms with van der Waals surface area (Å²) in [6, 6.07) is 9.40. The molecule has 2 aromatic rings. The largest absolute Gasteiger partial charge is 0.496 e. The predicted octanol–water partition coefficient (Wildman–Crippen LogP) is 1.82. The fraction of sp³-hybridized carbons (Fsp3) is 0.389. The summed E-state index contributed by atoms with van der Waals surface area (Å²) in [5.74, 6) is 1.74. The van der Waals surface area contributed by atoms with Crippen molar-refractivity contribution in [3.63, 3.8) is 0 Å². The average molecular weight is 344 g/mol. The Hall–Kier alpha value is -2.67. The monoisotopic (exact) mass is 344 g/mol. The van der Waals surface area contributed by atoms with Gasteiger partial charge < -0.3 is 20.1 Å². The van der Waals surface area contributed by atoms with Crippen LogP contribution in [-0.4, -0.2) is 49.8 Å². The van der Waals surface area contributed by atoms with Gasteiger partial charge in [-0.05, 0) is 25.0 Å². The summed E-state index contributed by atoms with van der Waals surface area (Å²) < 4.78 is 10.3. The van der Waals surface area contributed by atoms with Gasteiger partial charge >= 0.3 is 0 Å². The molecule has 2 rings (SSSR count). The first-order valence-corrected chi connectivity index (χ1v) is 8.12. The van der Waals surface area contributed by atoms with Gasteiger partial charge in [0.15, 0.2) is 0 Å². The van der Waals surface area contributed by atoms with Crippen molar-refractivity contribution in [1.82, 2.24) is 15.3 Å². The van der Waals surface area contributed by atoms with Gasteiger partial charge in [-0.3, -0.25) is 4.79 Å². The van der Waals surface area contributed by atoms with Crippen LogP contribution in [0.25, 0.3) is 0 Å². The van der Waals surface area contributed by atoms with Gasteiger partial charge in [-0.15, -0.1) is 0 Å². The molecule has 1 aromatic heterocycles. The first-order valence-electron chi connectivity index (χ1n) is 8.12. The van der Waals surface area contributed by atoms with Gasteiger partial charge in [0.2, 0.25) is 0 Å². The van der Waals surface area contributed by atoms with E-state index in [4.69, 9.17) is 9.47 Å². The van der Waals surface area contributed by atoms with Crippen LogP contribution in [0, 0.1) is 6.92 Å². The molecule has 0 saturated carbocycles. The number of para-hydroxylation sites is 1. The third-order valence-corrected chi connectivity index (χ3v) is 3.56. The van der Waals surface area contributed by atoms with Crippen molar-refractivity contribution >= 4 is 11.7 Å². The highest BCUT2D eigenvalue weighted by Gasteiger charge is 2.10. The van der Waals surface area contributed by atoms with Crippen molar-refractivity contribution in [2.75, 3.05) is 39.2 Å². The Morgan fingerprint density at radius 1 is 1.16 bits per heavy atom. The molecule has 1 heterocycles. The van der Waals surface area contributed by atoms with Gasteiger partial charge in [0.1, 0.15) is 23.1 Å². The summed E-state index contributed by atoms with van der Waals surface area (Å²) in [4.78, 5) is 20.8. The van der Waals surface area contributed by atoms with Gasteiger partial charge in [-0.25, -0.2) is 9.97 Å². The molecule has 0 atom stereocenters. The second kappa shape index (κ2) is 9.58. The molecular formula is C18H24N4O3. The molecule has 0 aliphatic rings. The van der Waals surface area contributed by atoms with E-state index in [1.165, 1.54) is 0 Å². The lowest BCUT2D eigenvalue weighted by atomic mass is 10.1. The number of aromatic nitrogens is 2. The van der Waals surface area contributed by atoms with Gasteiger partial charge in [0.25, 0.3) is 5.91 Å². The molecule has 0 bridgehead atoms. The molecule has 0 radical (unpaired) electrons. The Bertz CT molecular complexity index is 706. The van der Waals surface area contributed by atoms with E-state index in [-0.39, 0.29) is 5.91 Å². The molecule has 0 fully saturated rings. The number of ether oxygens (including phenoxy) is 2. The van der Waals surface area contributed by atoms with E-state index in [0.717, 1.165) is 11.3 Å². The normalized spacial score (nSPS) is 10.4. The molecule has 0 aliphatic heterocycles. The highest BCUT2D eigenvalue weighted by Crippen LogP contribution is 2.17. The molecule has 25 heavy (non-hydrogen) atoms. The zero-order valence-electron chi connectivity index (χ0n) is 14.8. The standard InChI is InChI=1S/C18H24N4O3/c1-13-21-15(12-17(22-13)19-10-11-24-2)18(23)20-9-8-14-6-4-5-7-16(14)25-3/h4-7,12H,8-11H2,1-3H3,(H,20,23)(H,19,21,22). The summed E-state index contributed by atoms with van der Waals surface area (Å²) in [7, 11) is 3.27. The number of nitrogens with one attached hydrogen (secondary N) is 2. The highest BCUT2D eigenvalue weighted by atomic mass is 16.5. The van der Waals surface area contributed by atoms with Crippen LogP contribution in [0.1, 0.15) is 21.9 Å².